The fourth-order valence-corrected chi connectivity index (χ4v) is 2.55. The molecule has 1 aromatic heterocycles. The predicted molar refractivity (Wildman–Crippen MR) is 84.7 cm³/mol. The fraction of sp³-hybridized carbons (Fsp3) is 0.222. The van der Waals surface area contributed by atoms with Crippen LogP contribution in [-0.4, -0.2) is 14.2 Å². The fourth-order valence-electron chi connectivity index (χ4n) is 2.55. The van der Waals surface area contributed by atoms with Crippen molar-refractivity contribution in [2.45, 2.75) is 12.5 Å². The van der Waals surface area contributed by atoms with Crippen LogP contribution in [0.2, 0.25) is 0 Å². The van der Waals surface area contributed by atoms with E-state index in [1.165, 1.54) is 5.56 Å². The minimum Gasteiger partial charge on any atom is -0.497 e. The van der Waals surface area contributed by atoms with Crippen LogP contribution in [0.1, 0.15) is 17.4 Å². The molecule has 108 valence electrons. The Morgan fingerprint density at radius 2 is 1.95 bits per heavy atom. The summed E-state index contributed by atoms with van der Waals surface area (Å²) in [5.41, 5.74) is 2.15. The SMILES string of the molecule is CNC(Cc1cccc(OC)c1)c1cc2ccccc2o1. The summed E-state index contributed by atoms with van der Waals surface area (Å²) >= 11 is 0. The van der Waals surface area contributed by atoms with Gasteiger partial charge in [-0.15, -0.1) is 0 Å². The van der Waals surface area contributed by atoms with E-state index in [1.807, 2.05) is 37.4 Å². The van der Waals surface area contributed by atoms with Crippen molar-refractivity contribution in [1.29, 1.82) is 0 Å². The monoisotopic (exact) mass is 281 g/mol. The minimum absolute atomic E-state index is 0.143. The number of benzene rings is 2. The van der Waals surface area contributed by atoms with Gasteiger partial charge in [0, 0.05) is 5.39 Å². The van der Waals surface area contributed by atoms with Gasteiger partial charge in [0.2, 0.25) is 0 Å². The first-order valence-electron chi connectivity index (χ1n) is 7.09. The standard InChI is InChI=1S/C18H19NO2/c1-19-16(11-13-6-5-8-15(10-13)20-2)18-12-14-7-3-4-9-17(14)21-18/h3-10,12,16,19H,11H2,1-2H3. The normalized spacial score (nSPS) is 12.5. The Morgan fingerprint density at radius 1 is 1.10 bits per heavy atom. The van der Waals surface area contributed by atoms with Crippen LogP contribution < -0.4 is 10.1 Å². The Morgan fingerprint density at radius 3 is 2.71 bits per heavy atom. The van der Waals surface area contributed by atoms with Crippen LogP contribution in [0.25, 0.3) is 11.0 Å². The maximum Gasteiger partial charge on any atom is 0.134 e. The van der Waals surface area contributed by atoms with E-state index in [9.17, 15) is 0 Å². The molecule has 0 radical (unpaired) electrons. The molecule has 0 fully saturated rings. The summed E-state index contributed by atoms with van der Waals surface area (Å²) in [6.45, 7) is 0. The molecule has 2 aromatic carbocycles. The molecule has 1 heterocycles. The third-order valence-electron chi connectivity index (χ3n) is 3.71. The molecular formula is C18H19NO2. The maximum atomic E-state index is 5.96. The maximum absolute atomic E-state index is 5.96. The number of furan rings is 1. The lowest BCUT2D eigenvalue weighted by molar-refractivity contribution is 0.413. The van der Waals surface area contributed by atoms with Gasteiger partial charge in [-0.3, -0.25) is 0 Å². The Kier molecular flexibility index (Phi) is 3.93. The number of rotatable bonds is 5. The summed E-state index contributed by atoms with van der Waals surface area (Å²) in [5.74, 6) is 1.84. The number of nitrogens with one attached hydrogen (secondary N) is 1. The summed E-state index contributed by atoms with van der Waals surface area (Å²) in [6, 6.07) is 18.5. The zero-order valence-electron chi connectivity index (χ0n) is 12.3. The molecule has 3 heteroatoms. The second kappa shape index (κ2) is 6.02. The highest BCUT2D eigenvalue weighted by molar-refractivity contribution is 5.77. The van der Waals surface area contributed by atoms with Crippen LogP contribution in [-0.2, 0) is 6.42 Å². The molecule has 1 N–H and O–H groups in total. The van der Waals surface area contributed by atoms with E-state index >= 15 is 0 Å². The van der Waals surface area contributed by atoms with Gasteiger partial charge in [-0.05, 0) is 43.3 Å². The van der Waals surface area contributed by atoms with Gasteiger partial charge in [-0.25, -0.2) is 0 Å². The molecule has 1 atom stereocenters. The van der Waals surface area contributed by atoms with E-state index in [-0.39, 0.29) is 6.04 Å². The van der Waals surface area contributed by atoms with Crippen LogP contribution in [0.4, 0.5) is 0 Å². The van der Waals surface area contributed by atoms with E-state index in [4.69, 9.17) is 9.15 Å². The van der Waals surface area contributed by atoms with Crippen molar-refractivity contribution in [2.24, 2.45) is 0 Å². The molecule has 0 saturated carbocycles. The summed E-state index contributed by atoms with van der Waals surface area (Å²) in [6.07, 6.45) is 0.855. The lowest BCUT2D eigenvalue weighted by Gasteiger charge is -2.14. The summed E-state index contributed by atoms with van der Waals surface area (Å²) in [4.78, 5) is 0. The highest BCUT2D eigenvalue weighted by Crippen LogP contribution is 2.26. The van der Waals surface area contributed by atoms with E-state index in [1.54, 1.807) is 7.11 Å². The Labute approximate surface area is 124 Å². The highest BCUT2D eigenvalue weighted by atomic mass is 16.5. The molecular weight excluding hydrogens is 262 g/mol. The van der Waals surface area contributed by atoms with Crippen LogP contribution in [0.5, 0.6) is 5.75 Å². The van der Waals surface area contributed by atoms with Gasteiger partial charge in [0.05, 0.1) is 13.2 Å². The van der Waals surface area contributed by atoms with Crippen molar-refractivity contribution in [3.8, 4) is 5.75 Å². The smallest absolute Gasteiger partial charge is 0.134 e. The molecule has 0 aliphatic rings. The second-order valence-corrected chi connectivity index (χ2v) is 5.08. The van der Waals surface area contributed by atoms with E-state index in [0.29, 0.717) is 0 Å². The number of para-hydroxylation sites is 1. The molecule has 0 spiro atoms. The highest BCUT2D eigenvalue weighted by Gasteiger charge is 2.15. The zero-order chi connectivity index (χ0) is 14.7. The Bertz CT molecular complexity index is 700. The van der Waals surface area contributed by atoms with Gasteiger partial charge in [-0.2, -0.15) is 0 Å². The first-order chi connectivity index (χ1) is 10.3. The third kappa shape index (κ3) is 2.93. The van der Waals surface area contributed by atoms with Gasteiger partial charge in [-0.1, -0.05) is 30.3 Å². The predicted octanol–water partition coefficient (Wildman–Crippen LogP) is 3.94. The number of methoxy groups -OCH3 is 1. The lowest BCUT2D eigenvalue weighted by atomic mass is 10.0. The summed E-state index contributed by atoms with van der Waals surface area (Å²) < 4.78 is 11.2. The van der Waals surface area contributed by atoms with E-state index < -0.39 is 0 Å². The van der Waals surface area contributed by atoms with Crippen LogP contribution >= 0.6 is 0 Å². The van der Waals surface area contributed by atoms with Crippen LogP contribution in [0, 0.1) is 0 Å². The van der Waals surface area contributed by atoms with Crippen molar-refractivity contribution in [2.75, 3.05) is 14.2 Å². The van der Waals surface area contributed by atoms with Gasteiger partial charge in [0.25, 0.3) is 0 Å². The zero-order valence-corrected chi connectivity index (χ0v) is 12.3. The molecule has 0 aliphatic carbocycles. The first-order valence-corrected chi connectivity index (χ1v) is 7.09. The number of hydrogen-bond acceptors (Lipinski definition) is 3. The van der Waals surface area contributed by atoms with Crippen molar-refractivity contribution in [1.82, 2.24) is 5.32 Å². The third-order valence-corrected chi connectivity index (χ3v) is 3.71. The van der Waals surface area contributed by atoms with Gasteiger partial charge in [0.15, 0.2) is 0 Å². The molecule has 0 bridgehead atoms. The molecule has 21 heavy (non-hydrogen) atoms. The van der Waals surface area contributed by atoms with Gasteiger partial charge >= 0.3 is 0 Å². The molecule has 1 unspecified atom stereocenters. The lowest BCUT2D eigenvalue weighted by Crippen LogP contribution is -2.18. The van der Waals surface area contributed by atoms with Crippen molar-refractivity contribution < 1.29 is 9.15 Å². The van der Waals surface area contributed by atoms with Gasteiger partial charge < -0.3 is 14.5 Å². The Hall–Kier alpha value is -2.26. The number of ether oxygens (including phenoxy) is 1. The summed E-state index contributed by atoms with van der Waals surface area (Å²) in [7, 11) is 3.64. The van der Waals surface area contributed by atoms with Crippen molar-refractivity contribution >= 4 is 11.0 Å². The largest absolute Gasteiger partial charge is 0.497 e. The van der Waals surface area contributed by atoms with Crippen LogP contribution in [0.15, 0.2) is 59.0 Å². The average molecular weight is 281 g/mol. The average Bonchev–Trinajstić information content (AvgIpc) is 2.96. The molecule has 3 aromatic rings. The second-order valence-electron chi connectivity index (χ2n) is 5.08. The molecule has 3 nitrogen and oxygen atoms in total. The van der Waals surface area contributed by atoms with Gasteiger partial charge in [0.1, 0.15) is 17.1 Å². The Balaban J connectivity index is 1.87. The molecule has 0 aliphatic heterocycles. The van der Waals surface area contributed by atoms with Crippen molar-refractivity contribution in [3.63, 3.8) is 0 Å². The van der Waals surface area contributed by atoms with Crippen molar-refractivity contribution in [3.05, 3.63) is 65.9 Å². The molecule has 0 saturated heterocycles. The quantitative estimate of drug-likeness (QED) is 0.769. The topological polar surface area (TPSA) is 34.4 Å². The minimum atomic E-state index is 0.143. The number of fused-ring (bicyclic) bond motifs is 1. The molecule has 0 amide bonds. The summed E-state index contributed by atoms with van der Waals surface area (Å²) in [5, 5.41) is 4.47. The first kappa shape index (κ1) is 13.7. The van der Waals surface area contributed by atoms with E-state index in [2.05, 4.69) is 29.6 Å². The number of hydrogen-bond donors (Lipinski definition) is 1. The van der Waals surface area contributed by atoms with Crippen LogP contribution in [0.3, 0.4) is 0 Å². The molecule has 3 rings (SSSR count). The van der Waals surface area contributed by atoms with E-state index in [0.717, 1.165) is 28.9 Å². The number of likely N-dealkylation sites (N-methyl/N-ethyl adjacent to an activating group) is 1.